The number of amides is 1. The van der Waals surface area contributed by atoms with Gasteiger partial charge in [0.1, 0.15) is 5.82 Å². The van der Waals surface area contributed by atoms with Gasteiger partial charge < -0.3 is 20.1 Å². The third-order valence-corrected chi connectivity index (χ3v) is 4.21. The van der Waals surface area contributed by atoms with Gasteiger partial charge in [-0.3, -0.25) is 4.79 Å². The number of carbonyl (C=O) groups excluding carboxylic acids is 1. The van der Waals surface area contributed by atoms with Crippen LogP contribution in [0.2, 0.25) is 0 Å². The van der Waals surface area contributed by atoms with E-state index >= 15 is 0 Å². The molecule has 0 aliphatic carbocycles. The highest BCUT2D eigenvalue weighted by Crippen LogP contribution is 2.32. The van der Waals surface area contributed by atoms with Crippen molar-refractivity contribution in [2.75, 3.05) is 12.1 Å². The van der Waals surface area contributed by atoms with Gasteiger partial charge in [0.05, 0.1) is 5.56 Å². The summed E-state index contributed by atoms with van der Waals surface area (Å²) >= 11 is 0. The van der Waals surface area contributed by atoms with Gasteiger partial charge in [-0.15, -0.1) is 0 Å². The van der Waals surface area contributed by atoms with Crippen LogP contribution in [0.1, 0.15) is 21.5 Å². The topological polar surface area (TPSA) is 72.5 Å². The van der Waals surface area contributed by atoms with E-state index in [0.29, 0.717) is 23.7 Å². The van der Waals surface area contributed by atoms with Crippen molar-refractivity contribution in [1.82, 2.24) is 10.3 Å². The molecule has 0 fully saturated rings. The van der Waals surface area contributed by atoms with Gasteiger partial charge in [0.25, 0.3) is 5.91 Å². The van der Waals surface area contributed by atoms with Crippen molar-refractivity contribution in [3.05, 3.63) is 77.5 Å². The number of hydrogen-bond acceptors (Lipinski definition) is 5. The number of anilines is 2. The van der Waals surface area contributed by atoms with Crippen LogP contribution in [-0.2, 0) is 6.54 Å². The molecule has 136 valence electrons. The Morgan fingerprint density at radius 3 is 2.78 bits per heavy atom. The molecule has 6 nitrogen and oxygen atoms in total. The van der Waals surface area contributed by atoms with E-state index < -0.39 is 0 Å². The zero-order valence-electron chi connectivity index (χ0n) is 14.9. The second kappa shape index (κ2) is 7.37. The lowest BCUT2D eigenvalue weighted by Gasteiger charge is -2.08. The summed E-state index contributed by atoms with van der Waals surface area (Å²) in [5.74, 6) is 1.94. The van der Waals surface area contributed by atoms with E-state index in [1.54, 1.807) is 18.3 Å². The fourth-order valence-electron chi connectivity index (χ4n) is 2.81. The summed E-state index contributed by atoms with van der Waals surface area (Å²) < 4.78 is 10.6. The maximum absolute atomic E-state index is 12.3. The molecule has 0 bridgehead atoms. The monoisotopic (exact) mass is 361 g/mol. The van der Waals surface area contributed by atoms with Gasteiger partial charge in [-0.2, -0.15) is 0 Å². The van der Waals surface area contributed by atoms with Crippen molar-refractivity contribution in [1.29, 1.82) is 0 Å². The highest BCUT2D eigenvalue weighted by Gasteiger charge is 2.13. The number of rotatable bonds is 5. The fraction of sp³-hybridized carbons (Fsp3) is 0.143. The highest BCUT2D eigenvalue weighted by atomic mass is 16.7. The van der Waals surface area contributed by atoms with E-state index in [-0.39, 0.29) is 12.7 Å². The van der Waals surface area contributed by atoms with E-state index in [1.165, 1.54) is 5.56 Å². The molecule has 0 saturated heterocycles. The summed E-state index contributed by atoms with van der Waals surface area (Å²) in [5.41, 5.74) is 3.57. The van der Waals surface area contributed by atoms with Crippen molar-refractivity contribution >= 4 is 17.4 Å². The van der Waals surface area contributed by atoms with Gasteiger partial charge in [-0.1, -0.05) is 18.2 Å². The summed E-state index contributed by atoms with van der Waals surface area (Å²) in [6.45, 7) is 2.67. The average Bonchev–Trinajstić information content (AvgIpc) is 3.14. The first kappa shape index (κ1) is 16.9. The number of ether oxygens (including phenoxy) is 2. The Balaban J connectivity index is 1.36. The molecular weight excluding hydrogens is 342 g/mol. The van der Waals surface area contributed by atoms with Crippen molar-refractivity contribution < 1.29 is 14.3 Å². The zero-order valence-corrected chi connectivity index (χ0v) is 14.9. The van der Waals surface area contributed by atoms with Crippen LogP contribution in [0.3, 0.4) is 0 Å². The lowest BCUT2D eigenvalue weighted by atomic mass is 10.2. The van der Waals surface area contributed by atoms with Crippen LogP contribution in [-0.4, -0.2) is 17.7 Å². The molecule has 1 aromatic heterocycles. The van der Waals surface area contributed by atoms with E-state index in [4.69, 9.17) is 9.47 Å². The maximum Gasteiger partial charge on any atom is 0.253 e. The number of fused-ring (bicyclic) bond motifs is 1. The lowest BCUT2D eigenvalue weighted by Crippen LogP contribution is -2.22. The van der Waals surface area contributed by atoms with Crippen molar-refractivity contribution in [2.24, 2.45) is 0 Å². The molecule has 1 amide bonds. The van der Waals surface area contributed by atoms with Crippen LogP contribution in [0.5, 0.6) is 11.5 Å². The average molecular weight is 361 g/mol. The first-order chi connectivity index (χ1) is 13.2. The molecule has 1 aliphatic rings. The van der Waals surface area contributed by atoms with Gasteiger partial charge in [0, 0.05) is 18.4 Å². The number of nitrogens with one attached hydrogen (secondary N) is 2. The normalized spacial score (nSPS) is 11.9. The maximum atomic E-state index is 12.3. The molecule has 0 saturated carbocycles. The van der Waals surface area contributed by atoms with Crippen molar-refractivity contribution in [3.63, 3.8) is 0 Å². The molecule has 2 aromatic carbocycles. The Hall–Kier alpha value is -3.54. The molecule has 2 heterocycles. The minimum Gasteiger partial charge on any atom is -0.454 e. The second-order valence-electron chi connectivity index (χ2n) is 6.30. The molecule has 0 unspecified atom stereocenters. The molecule has 6 heteroatoms. The van der Waals surface area contributed by atoms with Gasteiger partial charge in [0.15, 0.2) is 11.5 Å². The predicted molar refractivity (Wildman–Crippen MR) is 102 cm³/mol. The van der Waals surface area contributed by atoms with Crippen molar-refractivity contribution in [2.45, 2.75) is 13.5 Å². The summed E-state index contributed by atoms with van der Waals surface area (Å²) in [7, 11) is 0. The number of benzene rings is 2. The van der Waals surface area contributed by atoms with Gasteiger partial charge in [-0.05, 0) is 54.4 Å². The third-order valence-electron chi connectivity index (χ3n) is 4.21. The Morgan fingerprint density at radius 1 is 1.07 bits per heavy atom. The molecule has 0 atom stereocenters. The van der Waals surface area contributed by atoms with Crippen LogP contribution in [0.25, 0.3) is 0 Å². The van der Waals surface area contributed by atoms with Crippen molar-refractivity contribution in [3.8, 4) is 11.5 Å². The lowest BCUT2D eigenvalue weighted by molar-refractivity contribution is 0.0950. The zero-order chi connectivity index (χ0) is 18.6. The molecule has 1 aliphatic heterocycles. The highest BCUT2D eigenvalue weighted by molar-refractivity contribution is 5.94. The number of nitrogens with zero attached hydrogens (tertiary/aromatic N) is 1. The number of aromatic nitrogens is 1. The molecule has 27 heavy (non-hydrogen) atoms. The predicted octanol–water partition coefficient (Wildman–Crippen LogP) is 3.79. The molecule has 4 rings (SSSR count). The summed E-state index contributed by atoms with van der Waals surface area (Å²) in [6, 6.07) is 17.2. The first-order valence-corrected chi connectivity index (χ1v) is 8.64. The third kappa shape index (κ3) is 4.00. The Labute approximate surface area is 157 Å². The van der Waals surface area contributed by atoms with E-state index in [0.717, 1.165) is 17.0 Å². The molecule has 0 radical (unpaired) electrons. The molecule has 0 spiro atoms. The van der Waals surface area contributed by atoms with Gasteiger partial charge >= 0.3 is 0 Å². The molecule has 3 aromatic rings. The largest absolute Gasteiger partial charge is 0.454 e. The Morgan fingerprint density at radius 2 is 1.96 bits per heavy atom. The first-order valence-electron chi connectivity index (χ1n) is 8.64. The number of aryl methyl sites for hydroxylation is 1. The van der Waals surface area contributed by atoms with Crippen LogP contribution in [0.4, 0.5) is 11.5 Å². The SMILES string of the molecule is Cc1cccc(Nc2ccc(C(=O)NCc3ccc4c(c3)OCO4)cn2)c1. The van der Waals surface area contributed by atoms with Crippen LogP contribution in [0.15, 0.2) is 60.8 Å². The van der Waals surface area contributed by atoms with Crippen LogP contribution in [0, 0.1) is 6.92 Å². The Kier molecular flexibility index (Phi) is 4.61. The van der Waals surface area contributed by atoms with E-state index in [1.807, 2.05) is 49.4 Å². The minimum atomic E-state index is -0.178. The second-order valence-corrected chi connectivity index (χ2v) is 6.30. The molecule has 2 N–H and O–H groups in total. The molecular formula is C21H19N3O3. The van der Waals surface area contributed by atoms with Crippen LogP contribution >= 0.6 is 0 Å². The minimum absolute atomic E-state index is 0.178. The number of hydrogen-bond donors (Lipinski definition) is 2. The van der Waals surface area contributed by atoms with Crippen LogP contribution < -0.4 is 20.1 Å². The van der Waals surface area contributed by atoms with E-state index in [2.05, 4.69) is 15.6 Å². The van der Waals surface area contributed by atoms with Gasteiger partial charge in [0.2, 0.25) is 6.79 Å². The Bertz CT molecular complexity index is 971. The number of pyridine rings is 1. The smallest absolute Gasteiger partial charge is 0.253 e. The summed E-state index contributed by atoms with van der Waals surface area (Å²) in [5, 5.41) is 6.11. The number of carbonyl (C=O) groups is 1. The summed E-state index contributed by atoms with van der Waals surface area (Å²) in [6.07, 6.45) is 1.56. The summed E-state index contributed by atoms with van der Waals surface area (Å²) in [4.78, 5) is 16.7. The fourth-order valence-corrected chi connectivity index (χ4v) is 2.81. The van der Waals surface area contributed by atoms with E-state index in [9.17, 15) is 4.79 Å². The quantitative estimate of drug-likeness (QED) is 0.723. The standard InChI is InChI=1S/C21H19N3O3/c1-14-3-2-4-17(9-14)24-20-8-6-16(12-22-20)21(25)23-11-15-5-7-18-19(10-15)27-13-26-18/h2-10,12H,11,13H2,1H3,(H,22,24)(H,23,25). The van der Waals surface area contributed by atoms with Gasteiger partial charge in [-0.25, -0.2) is 4.98 Å².